The van der Waals surface area contributed by atoms with Gasteiger partial charge < -0.3 is 10.2 Å². The molecule has 0 amide bonds. The van der Waals surface area contributed by atoms with Crippen LogP contribution in [-0.2, 0) is 0 Å². The molecule has 0 bridgehead atoms. The standard InChI is InChI=1S/C21H20N6.H2/c1-2-6-15(7-3-1)18-14-27(13-12-22-18)19-10-4-9-17(24-19)20-16-8-5-11-23-21(16)26-25-20;/h1-11,18,22H,12-14H2,(H,23,25,26);1H. The topological polar surface area (TPSA) is 69.7 Å². The maximum absolute atomic E-state index is 4.92. The van der Waals surface area contributed by atoms with E-state index in [9.17, 15) is 0 Å². The SMILES string of the molecule is [HH].c1ccc(C2CN(c3cccc(-c4[nH]nc5ncccc45)n3)CCN2)cc1. The van der Waals surface area contributed by atoms with Crippen LogP contribution in [0.2, 0.25) is 0 Å². The molecule has 3 aromatic heterocycles. The Kier molecular flexibility index (Phi) is 4.03. The number of hydrogen-bond acceptors (Lipinski definition) is 5. The minimum absolute atomic E-state index is 0. The van der Waals surface area contributed by atoms with E-state index in [1.807, 2.05) is 18.2 Å². The lowest BCUT2D eigenvalue weighted by Crippen LogP contribution is -2.46. The van der Waals surface area contributed by atoms with Crippen LogP contribution < -0.4 is 10.2 Å². The number of anilines is 1. The fourth-order valence-corrected chi connectivity index (χ4v) is 3.65. The van der Waals surface area contributed by atoms with Crippen molar-refractivity contribution in [3.05, 3.63) is 72.4 Å². The molecule has 6 nitrogen and oxygen atoms in total. The molecule has 4 aromatic rings. The fourth-order valence-electron chi connectivity index (χ4n) is 3.65. The molecule has 2 N–H and O–H groups in total. The molecule has 0 radical (unpaired) electrons. The van der Waals surface area contributed by atoms with Crippen LogP contribution in [0.15, 0.2) is 66.9 Å². The van der Waals surface area contributed by atoms with Crippen LogP contribution in [0.4, 0.5) is 5.82 Å². The average Bonchev–Trinajstić information content (AvgIpc) is 3.19. The molecular weight excluding hydrogens is 336 g/mol. The third kappa shape index (κ3) is 3.04. The first-order valence-corrected chi connectivity index (χ1v) is 9.18. The van der Waals surface area contributed by atoms with E-state index in [2.05, 4.69) is 67.9 Å². The van der Waals surface area contributed by atoms with Gasteiger partial charge in [-0.1, -0.05) is 36.4 Å². The Morgan fingerprint density at radius 1 is 1.00 bits per heavy atom. The second-order valence-electron chi connectivity index (χ2n) is 6.72. The zero-order valence-corrected chi connectivity index (χ0v) is 14.8. The molecule has 0 saturated carbocycles. The van der Waals surface area contributed by atoms with Gasteiger partial charge in [0, 0.05) is 38.7 Å². The summed E-state index contributed by atoms with van der Waals surface area (Å²) in [6, 6.07) is 21.0. The van der Waals surface area contributed by atoms with Gasteiger partial charge in [-0.2, -0.15) is 5.10 Å². The predicted molar refractivity (Wildman–Crippen MR) is 109 cm³/mol. The van der Waals surface area contributed by atoms with Crippen molar-refractivity contribution < 1.29 is 1.43 Å². The summed E-state index contributed by atoms with van der Waals surface area (Å²) in [4.78, 5) is 11.6. The molecular formula is C21H22N6. The summed E-state index contributed by atoms with van der Waals surface area (Å²) in [6.07, 6.45) is 1.75. The summed E-state index contributed by atoms with van der Waals surface area (Å²) in [7, 11) is 0. The molecule has 136 valence electrons. The highest BCUT2D eigenvalue weighted by molar-refractivity contribution is 5.89. The Morgan fingerprint density at radius 3 is 2.85 bits per heavy atom. The zero-order chi connectivity index (χ0) is 18.1. The molecule has 1 saturated heterocycles. The largest absolute Gasteiger partial charge is 0.353 e. The zero-order valence-electron chi connectivity index (χ0n) is 14.8. The van der Waals surface area contributed by atoms with Crippen LogP contribution in [0.5, 0.6) is 0 Å². The van der Waals surface area contributed by atoms with Crippen LogP contribution in [0.3, 0.4) is 0 Å². The van der Waals surface area contributed by atoms with Gasteiger partial charge in [0.2, 0.25) is 0 Å². The Balaban J connectivity index is 0.00000192. The smallest absolute Gasteiger partial charge is 0.181 e. The number of aromatic amines is 1. The lowest BCUT2D eigenvalue weighted by atomic mass is 10.0. The number of H-pyrrole nitrogens is 1. The van der Waals surface area contributed by atoms with E-state index in [0.717, 1.165) is 42.2 Å². The van der Waals surface area contributed by atoms with Crippen molar-refractivity contribution >= 4 is 16.9 Å². The van der Waals surface area contributed by atoms with Crippen molar-refractivity contribution in [2.75, 3.05) is 24.5 Å². The first-order valence-electron chi connectivity index (χ1n) is 9.18. The van der Waals surface area contributed by atoms with Crippen molar-refractivity contribution in [2.24, 2.45) is 0 Å². The summed E-state index contributed by atoms with van der Waals surface area (Å²) < 4.78 is 0. The summed E-state index contributed by atoms with van der Waals surface area (Å²) in [5.41, 5.74) is 3.82. The van der Waals surface area contributed by atoms with Gasteiger partial charge in [-0.25, -0.2) is 9.97 Å². The number of rotatable bonds is 3. The van der Waals surface area contributed by atoms with Gasteiger partial charge in [-0.15, -0.1) is 0 Å². The molecule has 5 rings (SSSR count). The molecule has 1 fully saturated rings. The minimum atomic E-state index is 0. The maximum Gasteiger partial charge on any atom is 0.181 e. The number of nitrogens with one attached hydrogen (secondary N) is 2. The summed E-state index contributed by atoms with van der Waals surface area (Å²) >= 11 is 0. The Hall–Kier alpha value is -3.25. The van der Waals surface area contributed by atoms with Gasteiger partial charge in [0.1, 0.15) is 5.82 Å². The Bertz CT molecular complexity index is 1060. The van der Waals surface area contributed by atoms with E-state index in [1.54, 1.807) is 6.20 Å². The molecule has 4 heterocycles. The van der Waals surface area contributed by atoms with Crippen molar-refractivity contribution in [3.8, 4) is 11.4 Å². The highest BCUT2D eigenvalue weighted by Crippen LogP contribution is 2.27. The lowest BCUT2D eigenvalue weighted by molar-refractivity contribution is 0.470. The second kappa shape index (κ2) is 6.81. The lowest BCUT2D eigenvalue weighted by Gasteiger charge is -2.35. The van der Waals surface area contributed by atoms with E-state index >= 15 is 0 Å². The molecule has 1 unspecified atom stereocenters. The van der Waals surface area contributed by atoms with E-state index in [0.29, 0.717) is 11.7 Å². The molecule has 1 aromatic carbocycles. The molecule has 0 spiro atoms. The maximum atomic E-state index is 4.92. The van der Waals surface area contributed by atoms with Crippen molar-refractivity contribution in [1.29, 1.82) is 0 Å². The Morgan fingerprint density at radius 2 is 1.93 bits per heavy atom. The van der Waals surface area contributed by atoms with Gasteiger partial charge in [-0.3, -0.25) is 5.10 Å². The highest BCUT2D eigenvalue weighted by Gasteiger charge is 2.22. The monoisotopic (exact) mass is 358 g/mol. The molecule has 1 atom stereocenters. The molecule has 27 heavy (non-hydrogen) atoms. The molecule has 6 heteroatoms. The number of aromatic nitrogens is 4. The third-order valence-electron chi connectivity index (χ3n) is 5.02. The molecule has 0 aliphatic carbocycles. The summed E-state index contributed by atoms with van der Waals surface area (Å²) in [6.45, 7) is 2.76. The molecule has 1 aliphatic heterocycles. The quantitative estimate of drug-likeness (QED) is 0.587. The minimum Gasteiger partial charge on any atom is -0.353 e. The Labute approximate surface area is 158 Å². The van der Waals surface area contributed by atoms with Crippen LogP contribution >= 0.6 is 0 Å². The van der Waals surface area contributed by atoms with Crippen LogP contribution in [0, 0.1) is 0 Å². The second-order valence-corrected chi connectivity index (χ2v) is 6.72. The average molecular weight is 358 g/mol. The highest BCUT2D eigenvalue weighted by atomic mass is 15.2. The third-order valence-corrected chi connectivity index (χ3v) is 5.02. The van der Waals surface area contributed by atoms with Gasteiger partial charge in [0.25, 0.3) is 0 Å². The van der Waals surface area contributed by atoms with E-state index in [1.165, 1.54) is 5.56 Å². The van der Waals surface area contributed by atoms with E-state index in [4.69, 9.17) is 4.98 Å². The van der Waals surface area contributed by atoms with Crippen LogP contribution in [0.25, 0.3) is 22.4 Å². The number of fused-ring (bicyclic) bond motifs is 1. The van der Waals surface area contributed by atoms with Gasteiger partial charge in [0.05, 0.1) is 11.4 Å². The molecule has 1 aliphatic rings. The van der Waals surface area contributed by atoms with Gasteiger partial charge >= 0.3 is 0 Å². The first-order chi connectivity index (χ1) is 13.4. The van der Waals surface area contributed by atoms with Crippen LogP contribution in [0.1, 0.15) is 13.0 Å². The summed E-state index contributed by atoms with van der Waals surface area (Å²) in [5.74, 6) is 0.988. The number of piperazine rings is 1. The number of nitrogens with zero attached hydrogens (tertiary/aromatic N) is 4. The van der Waals surface area contributed by atoms with E-state index in [-0.39, 0.29) is 1.43 Å². The predicted octanol–water partition coefficient (Wildman–Crippen LogP) is 3.42. The van der Waals surface area contributed by atoms with Crippen molar-refractivity contribution in [1.82, 2.24) is 25.5 Å². The van der Waals surface area contributed by atoms with E-state index < -0.39 is 0 Å². The van der Waals surface area contributed by atoms with Gasteiger partial charge in [0.15, 0.2) is 5.65 Å². The number of hydrogen-bond donors (Lipinski definition) is 2. The van der Waals surface area contributed by atoms with Crippen molar-refractivity contribution in [3.63, 3.8) is 0 Å². The van der Waals surface area contributed by atoms with Gasteiger partial charge in [-0.05, 0) is 29.8 Å². The fraction of sp³-hybridized carbons (Fsp3) is 0.190. The number of pyridine rings is 2. The first kappa shape index (κ1) is 16.0. The van der Waals surface area contributed by atoms with Crippen LogP contribution in [-0.4, -0.2) is 39.8 Å². The number of benzene rings is 1. The van der Waals surface area contributed by atoms with Crippen molar-refractivity contribution in [2.45, 2.75) is 6.04 Å². The summed E-state index contributed by atoms with van der Waals surface area (Å²) in [5, 5.41) is 12.0. The normalized spacial score (nSPS) is 17.3.